The van der Waals surface area contributed by atoms with Gasteiger partial charge in [0, 0.05) is 0 Å². The van der Waals surface area contributed by atoms with Gasteiger partial charge in [-0.2, -0.15) is 0 Å². The Morgan fingerprint density at radius 2 is 1.56 bits per heavy atom. The third-order valence-corrected chi connectivity index (χ3v) is 4.82. The molecule has 3 rings (SSSR count). The van der Waals surface area contributed by atoms with Gasteiger partial charge in [-0.1, -0.05) is 23.3 Å². The van der Waals surface area contributed by atoms with Crippen LogP contribution in [0.2, 0.25) is 0 Å². The fourth-order valence-electron chi connectivity index (χ4n) is 3.59. The second-order valence-electron chi connectivity index (χ2n) is 6.93. The van der Waals surface area contributed by atoms with E-state index in [1.165, 1.54) is 12.1 Å². The number of aryl methyl sites for hydroxylation is 2. The van der Waals surface area contributed by atoms with E-state index in [-0.39, 0.29) is 18.0 Å². The molecule has 0 N–H and O–H groups in total. The van der Waals surface area contributed by atoms with Crippen LogP contribution in [0.4, 0.5) is 8.78 Å². The summed E-state index contributed by atoms with van der Waals surface area (Å²) in [7, 11) is 0. The standard InChI is InChI=1S/C21H22F2O2/c1-13-9-14(2)11-17(10-13)21(24)25-18-6-3-15(4-7-18)16-5-8-19(22)20(23)12-16/h5,8-12,15,18H,3-4,6-7H2,1-2H3. The van der Waals surface area contributed by atoms with Crippen LogP contribution < -0.4 is 0 Å². The van der Waals surface area contributed by atoms with E-state index in [0.29, 0.717) is 5.56 Å². The van der Waals surface area contributed by atoms with E-state index >= 15 is 0 Å². The summed E-state index contributed by atoms with van der Waals surface area (Å²) in [6, 6.07) is 9.79. The number of hydrogen-bond donors (Lipinski definition) is 0. The molecule has 1 aliphatic carbocycles. The summed E-state index contributed by atoms with van der Waals surface area (Å²) in [6.45, 7) is 3.91. The average molecular weight is 344 g/mol. The number of benzene rings is 2. The van der Waals surface area contributed by atoms with Crippen molar-refractivity contribution < 1.29 is 18.3 Å². The summed E-state index contributed by atoms with van der Waals surface area (Å²) in [5, 5.41) is 0. The molecule has 0 radical (unpaired) electrons. The lowest BCUT2D eigenvalue weighted by Gasteiger charge is -2.28. The van der Waals surface area contributed by atoms with E-state index in [2.05, 4.69) is 0 Å². The first-order valence-electron chi connectivity index (χ1n) is 8.66. The zero-order valence-electron chi connectivity index (χ0n) is 14.5. The van der Waals surface area contributed by atoms with Gasteiger partial charge in [0.1, 0.15) is 6.10 Å². The Hall–Kier alpha value is -2.23. The number of ether oxygens (including phenoxy) is 1. The molecule has 0 spiro atoms. The Balaban J connectivity index is 1.58. The van der Waals surface area contributed by atoms with Crippen LogP contribution in [-0.2, 0) is 4.74 Å². The smallest absolute Gasteiger partial charge is 0.338 e. The van der Waals surface area contributed by atoms with Crippen molar-refractivity contribution in [1.29, 1.82) is 0 Å². The predicted octanol–water partition coefficient (Wildman–Crippen LogP) is 5.46. The van der Waals surface area contributed by atoms with Crippen LogP contribution in [0.5, 0.6) is 0 Å². The third-order valence-electron chi connectivity index (χ3n) is 4.82. The second kappa shape index (κ2) is 7.34. The van der Waals surface area contributed by atoms with Gasteiger partial charge in [-0.25, -0.2) is 13.6 Å². The van der Waals surface area contributed by atoms with Crippen LogP contribution in [0, 0.1) is 25.5 Å². The monoisotopic (exact) mass is 344 g/mol. The minimum absolute atomic E-state index is 0.116. The number of carbonyl (C=O) groups is 1. The van der Waals surface area contributed by atoms with Crippen molar-refractivity contribution >= 4 is 5.97 Å². The van der Waals surface area contributed by atoms with Gasteiger partial charge in [-0.15, -0.1) is 0 Å². The van der Waals surface area contributed by atoms with Crippen molar-refractivity contribution in [1.82, 2.24) is 0 Å². The van der Waals surface area contributed by atoms with Gasteiger partial charge in [0.15, 0.2) is 11.6 Å². The quantitative estimate of drug-likeness (QED) is 0.691. The van der Waals surface area contributed by atoms with Crippen LogP contribution in [0.1, 0.15) is 58.6 Å². The Bertz CT molecular complexity index is 757. The van der Waals surface area contributed by atoms with E-state index in [4.69, 9.17) is 4.74 Å². The van der Waals surface area contributed by atoms with Crippen LogP contribution in [0.25, 0.3) is 0 Å². The normalized spacial score (nSPS) is 20.3. The van der Waals surface area contributed by atoms with Crippen molar-refractivity contribution in [3.63, 3.8) is 0 Å². The zero-order valence-corrected chi connectivity index (χ0v) is 14.5. The van der Waals surface area contributed by atoms with Gasteiger partial charge in [0.2, 0.25) is 0 Å². The van der Waals surface area contributed by atoms with Crippen LogP contribution in [0.3, 0.4) is 0 Å². The van der Waals surface area contributed by atoms with E-state index in [1.807, 2.05) is 32.0 Å². The van der Waals surface area contributed by atoms with E-state index in [1.54, 1.807) is 6.07 Å². The van der Waals surface area contributed by atoms with Crippen LogP contribution >= 0.6 is 0 Å². The largest absolute Gasteiger partial charge is 0.459 e. The fraction of sp³-hybridized carbons (Fsp3) is 0.381. The molecule has 0 saturated heterocycles. The highest BCUT2D eigenvalue weighted by Gasteiger charge is 2.26. The van der Waals surface area contributed by atoms with E-state index in [9.17, 15) is 13.6 Å². The molecule has 2 nitrogen and oxygen atoms in total. The predicted molar refractivity (Wildman–Crippen MR) is 92.7 cm³/mol. The van der Waals surface area contributed by atoms with Crippen molar-refractivity contribution in [2.24, 2.45) is 0 Å². The van der Waals surface area contributed by atoms with Crippen molar-refractivity contribution in [3.05, 3.63) is 70.3 Å². The molecule has 0 amide bonds. The zero-order chi connectivity index (χ0) is 18.0. The fourth-order valence-corrected chi connectivity index (χ4v) is 3.59. The molecule has 0 bridgehead atoms. The highest BCUT2D eigenvalue weighted by molar-refractivity contribution is 5.90. The first-order chi connectivity index (χ1) is 11.9. The molecule has 2 aromatic carbocycles. The van der Waals surface area contributed by atoms with Gasteiger partial charge in [-0.3, -0.25) is 0 Å². The molecule has 0 aromatic heterocycles. The number of hydrogen-bond acceptors (Lipinski definition) is 2. The average Bonchev–Trinajstić information content (AvgIpc) is 2.57. The van der Waals surface area contributed by atoms with Crippen molar-refractivity contribution in [3.8, 4) is 0 Å². The summed E-state index contributed by atoms with van der Waals surface area (Å²) in [6.07, 6.45) is 2.96. The Morgan fingerprint density at radius 1 is 0.920 bits per heavy atom. The van der Waals surface area contributed by atoms with E-state index < -0.39 is 11.6 Å². The lowest BCUT2D eigenvalue weighted by Crippen LogP contribution is -2.24. The molecule has 0 heterocycles. The summed E-state index contributed by atoms with van der Waals surface area (Å²) in [5.74, 6) is -1.73. The molecule has 4 heteroatoms. The van der Waals surface area contributed by atoms with Gasteiger partial charge in [0.25, 0.3) is 0 Å². The lowest BCUT2D eigenvalue weighted by atomic mass is 9.82. The van der Waals surface area contributed by atoms with Gasteiger partial charge in [0.05, 0.1) is 5.56 Å². The molecule has 2 aromatic rings. The Labute approximate surface area is 146 Å². The minimum atomic E-state index is -0.820. The molecular weight excluding hydrogens is 322 g/mol. The number of esters is 1. The SMILES string of the molecule is Cc1cc(C)cc(C(=O)OC2CCC(c3ccc(F)c(F)c3)CC2)c1. The number of carbonyl (C=O) groups excluding carboxylic acids is 1. The second-order valence-corrected chi connectivity index (χ2v) is 6.93. The maximum absolute atomic E-state index is 13.4. The molecule has 0 atom stereocenters. The van der Waals surface area contributed by atoms with Gasteiger partial charge >= 0.3 is 5.97 Å². The minimum Gasteiger partial charge on any atom is -0.459 e. The molecule has 1 fully saturated rings. The maximum Gasteiger partial charge on any atom is 0.338 e. The highest BCUT2D eigenvalue weighted by atomic mass is 19.2. The molecule has 0 unspecified atom stereocenters. The molecule has 25 heavy (non-hydrogen) atoms. The summed E-state index contributed by atoms with van der Waals surface area (Å²) >= 11 is 0. The lowest BCUT2D eigenvalue weighted by molar-refractivity contribution is 0.0195. The summed E-state index contributed by atoms with van der Waals surface area (Å²) < 4.78 is 32.1. The summed E-state index contributed by atoms with van der Waals surface area (Å²) in [5.41, 5.74) is 3.47. The molecule has 132 valence electrons. The Kier molecular flexibility index (Phi) is 5.16. The first-order valence-corrected chi connectivity index (χ1v) is 8.66. The third kappa shape index (κ3) is 4.25. The van der Waals surface area contributed by atoms with Crippen LogP contribution in [-0.4, -0.2) is 12.1 Å². The maximum atomic E-state index is 13.4. The van der Waals surface area contributed by atoms with Crippen LogP contribution in [0.15, 0.2) is 36.4 Å². The van der Waals surface area contributed by atoms with Crippen molar-refractivity contribution in [2.45, 2.75) is 51.6 Å². The topological polar surface area (TPSA) is 26.3 Å². The number of rotatable bonds is 3. The van der Waals surface area contributed by atoms with Crippen molar-refractivity contribution in [2.75, 3.05) is 0 Å². The molecule has 1 aliphatic rings. The summed E-state index contributed by atoms with van der Waals surface area (Å²) in [4.78, 5) is 12.3. The molecule has 0 aliphatic heterocycles. The highest BCUT2D eigenvalue weighted by Crippen LogP contribution is 2.34. The van der Waals surface area contributed by atoms with Gasteiger partial charge < -0.3 is 4.74 Å². The number of halogens is 2. The molecule has 1 saturated carbocycles. The van der Waals surface area contributed by atoms with Gasteiger partial charge in [-0.05, 0) is 75.3 Å². The Morgan fingerprint density at radius 3 is 2.16 bits per heavy atom. The first kappa shape index (κ1) is 17.6. The van der Waals surface area contributed by atoms with E-state index in [0.717, 1.165) is 42.4 Å². The molecular formula is C21H22F2O2.